The third-order valence-electron chi connectivity index (χ3n) is 3.73. The molecule has 104 valence electrons. The number of halogens is 1. The first-order valence-electron chi connectivity index (χ1n) is 6.85. The third-order valence-corrected chi connectivity index (χ3v) is 3.73. The molecule has 0 N–H and O–H groups in total. The summed E-state index contributed by atoms with van der Waals surface area (Å²) in [5.41, 5.74) is 2.01. The lowest BCUT2D eigenvalue weighted by molar-refractivity contribution is 0.0908. The molecule has 0 aliphatic carbocycles. The van der Waals surface area contributed by atoms with E-state index in [-0.39, 0.29) is 11.6 Å². The van der Waals surface area contributed by atoms with E-state index in [1.54, 1.807) is 12.1 Å². The summed E-state index contributed by atoms with van der Waals surface area (Å²) < 4.78 is 13.0. The zero-order valence-electron chi connectivity index (χ0n) is 12.1. The molecule has 0 fully saturated rings. The number of hydrogen-bond acceptors (Lipinski definition) is 1. The van der Waals surface area contributed by atoms with Crippen molar-refractivity contribution in [2.75, 3.05) is 0 Å². The van der Waals surface area contributed by atoms with Crippen molar-refractivity contribution < 1.29 is 9.18 Å². The van der Waals surface area contributed by atoms with Crippen molar-refractivity contribution in [1.82, 2.24) is 0 Å². The molecular weight excluding hydrogens is 251 g/mol. The van der Waals surface area contributed by atoms with Crippen LogP contribution in [0.15, 0.2) is 48.5 Å². The molecule has 0 unspecified atom stereocenters. The molecule has 2 aromatic rings. The second-order valence-corrected chi connectivity index (χ2v) is 5.51. The Balaban J connectivity index is 2.37. The molecule has 0 spiro atoms. The molecule has 0 heterocycles. The van der Waals surface area contributed by atoms with Crippen LogP contribution in [0.2, 0.25) is 0 Å². The normalized spacial score (nSPS) is 11.4. The molecule has 0 aromatic heterocycles. The van der Waals surface area contributed by atoms with Crippen LogP contribution in [0, 0.1) is 5.82 Å². The maximum absolute atomic E-state index is 13.0. The van der Waals surface area contributed by atoms with E-state index >= 15 is 0 Å². The fraction of sp³-hybridized carbons (Fsp3) is 0.278. The lowest BCUT2D eigenvalue weighted by Crippen LogP contribution is -2.29. The van der Waals surface area contributed by atoms with Crippen LogP contribution in [0.25, 0.3) is 0 Å². The van der Waals surface area contributed by atoms with E-state index in [0.717, 1.165) is 17.5 Å². The highest BCUT2D eigenvalue weighted by atomic mass is 19.1. The molecule has 0 atom stereocenters. The van der Waals surface area contributed by atoms with Crippen LogP contribution in [0.4, 0.5) is 4.39 Å². The van der Waals surface area contributed by atoms with Crippen molar-refractivity contribution in [3.63, 3.8) is 0 Å². The van der Waals surface area contributed by atoms with E-state index in [9.17, 15) is 9.18 Å². The molecule has 0 bridgehead atoms. The number of ketones is 1. The molecular formula is C18H19FO. The molecule has 0 saturated heterocycles. The van der Waals surface area contributed by atoms with E-state index in [0.29, 0.717) is 5.56 Å². The maximum atomic E-state index is 13.0. The smallest absolute Gasteiger partial charge is 0.172 e. The maximum Gasteiger partial charge on any atom is 0.172 e. The van der Waals surface area contributed by atoms with E-state index in [4.69, 9.17) is 0 Å². The second-order valence-electron chi connectivity index (χ2n) is 5.51. The summed E-state index contributed by atoms with van der Waals surface area (Å²) in [6.45, 7) is 5.82. The van der Waals surface area contributed by atoms with Gasteiger partial charge in [-0.05, 0) is 49.6 Å². The number of Topliss-reactive ketones (excluding diaryl/α,β-unsaturated/α-hetero) is 1. The van der Waals surface area contributed by atoms with Gasteiger partial charge >= 0.3 is 0 Å². The van der Waals surface area contributed by atoms with Gasteiger partial charge in [0.2, 0.25) is 0 Å². The summed E-state index contributed by atoms with van der Waals surface area (Å²) in [6, 6.07) is 13.8. The predicted molar refractivity (Wildman–Crippen MR) is 79.6 cm³/mol. The Morgan fingerprint density at radius 1 is 1.10 bits per heavy atom. The van der Waals surface area contributed by atoms with Crippen molar-refractivity contribution in [3.8, 4) is 0 Å². The van der Waals surface area contributed by atoms with Gasteiger partial charge in [-0.25, -0.2) is 4.39 Å². The molecule has 0 aliphatic rings. The molecule has 0 aliphatic heterocycles. The summed E-state index contributed by atoms with van der Waals surface area (Å²) >= 11 is 0. The molecule has 20 heavy (non-hydrogen) atoms. The summed E-state index contributed by atoms with van der Waals surface area (Å²) in [5.74, 6) is -0.232. The van der Waals surface area contributed by atoms with Gasteiger partial charge in [0, 0.05) is 5.56 Å². The topological polar surface area (TPSA) is 17.1 Å². The lowest BCUT2D eigenvalue weighted by atomic mass is 9.78. The Morgan fingerprint density at radius 2 is 1.75 bits per heavy atom. The first-order valence-corrected chi connectivity index (χ1v) is 6.85. The fourth-order valence-corrected chi connectivity index (χ4v) is 2.29. The monoisotopic (exact) mass is 270 g/mol. The third kappa shape index (κ3) is 2.79. The van der Waals surface area contributed by atoms with E-state index in [1.807, 2.05) is 38.1 Å². The molecule has 0 radical (unpaired) electrons. The van der Waals surface area contributed by atoms with E-state index < -0.39 is 5.41 Å². The Kier molecular flexibility index (Phi) is 4.03. The molecule has 2 heteroatoms. The van der Waals surface area contributed by atoms with Crippen molar-refractivity contribution in [1.29, 1.82) is 0 Å². The summed E-state index contributed by atoms with van der Waals surface area (Å²) in [5, 5.41) is 0. The van der Waals surface area contributed by atoms with Gasteiger partial charge in [-0.2, -0.15) is 0 Å². The lowest BCUT2D eigenvalue weighted by Gasteiger charge is -2.24. The van der Waals surface area contributed by atoms with Gasteiger partial charge in [-0.3, -0.25) is 4.79 Å². The van der Waals surface area contributed by atoms with Gasteiger partial charge in [0.1, 0.15) is 5.82 Å². The Bertz CT molecular complexity index is 612. The zero-order chi connectivity index (χ0) is 14.8. The number of carbonyl (C=O) groups is 1. The summed E-state index contributed by atoms with van der Waals surface area (Å²) in [7, 11) is 0. The van der Waals surface area contributed by atoms with Gasteiger partial charge in [0.25, 0.3) is 0 Å². The first kappa shape index (κ1) is 14.4. The molecule has 1 nitrogen and oxygen atoms in total. The van der Waals surface area contributed by atoms with Gasteiger partial charge in [0.05, 0.1) is 5.41 Å². The Morgan fingerprint density at radius 3 is 2.35 bits per heavy atom. The first-order chi connectivity index (χ1) is 9.45. The molecule has 2 aromatic carbocycles. The standard InChI is InChI=1S/C18H19FO/c1-4-13-6-5-7-14(12-13)17(20)18(2,3)15-8-10-16(19)11-9-15/h5-12H,4H2,1-3H3. The molecule has 0 amide bonds. The van der Waals surface area contributed by atoms with Crippen LogP contribution in [-0.2, 0) is 11.8 Å². The van der Waals surface area contributed by atoms with Crippen molar-refractivity contribution in [2.45, 2.75) is 32.6 Å². The van der Waals surface area contributed by atoms with Crippen molar-refractivity contribution in [3.05, 3.63) is 71.0 Å². The molecule has 0 saturated carbocycles. The van der Waals surface area contributed by atoms with Crippen LogP contribution in [-0.4, -0.2) is 5.78 Å². The SMILES string of the molecule is CCc1cccc(C(=O)C(C)(C)c2ccc(F)cc2)c1. The van der Waals surface area contributed by atoms with Gasteiger partial charge in [-0.15, -0.1) is 0 Å². The van der Waals surface area contributed by atoms with Crippen molar-refractivity contribution >= 4 is 5.78 Å². The minimum atomic E-state index is -0.667. The Hall–Kier alpha value is -1.96. The highest BCUT2D eigenvalue weighted by Crippen LogP contribution is 2.28. The van der Waals surface area contributed by atoms with Crippen LogP contribution in [0.1, 0.15) is 42.3 Å². The van der Waals surface area contributed by atoms with E-state index in [2.05, 4.69) is 6.92 Å². The Labute approximate surface area is 119 Å². The van der Waals surface area contributed by atoms with Crippen molar-refractivity contribution in [2.24, 2.45) is 0 Å². The van der Waals surface area contributed by atoms with E-state index in [1.165, 1.54) is 12.1 Å². The van der Waals surface area contributed by atoms with Gasteiger partial charge < -0.3 is 0 Å². The number of rotatable bonds is 4. The van der Waals surface area contributed by atoms with Crippen LogP contribution < -0.4 is 0 Å². The highest BCUT2D eigenvalue weighted by Gasteiger charge is 2.30. The molecule has 2 rings (SSSR count). The van der Waals surface area contributed by atoms with Gasteiger partial charge in [-0.1, -0.05) is 37.3 Å². The largest absolute Gasteiger partial charge is 0.293 e. The number of hydrogen-bond donors (Lipinski definition) is 0. The summed E-state index contributed by atoms with van der Waals surface area (Å²) in [4.78, 5) is 12.7. The zero-order valence-corrected chi connectivity index (χ0v) is 12.1. The minimum absolute atomic E-state index is 0.0550. The quantitative estimate of drug-likeness (QED) is 0.745. The highest BCUT2D eigenvalue weighted by molar-refractivity contribution is 6.03. The summed E-state index contributed by atoms with van der Waals surface area (Å²) in [6.07, 6.45) is 0.901. The fourth-order valence-electron chi connectivity index (χ4n) is 2.29. The number of benzene rings is 2. The van der Waals surface area contributed by atoms with Gasteiger partial charge in [0.15, 0.2) is 5.78 Å². The minimum Gasteiger partial charge on any atom is -0.293 e. The van der Waals surface area contributed by atoms with Crippen LogP contribution >= 0.6 is 0 Å². The van der Waals surface area contributed by atoms with Crippen LogP contribution in [0.3, 0.4) is 0 Å². The second kappa shape index (κ2) is 5.58. The number of aryl methyl sites for hydroxylation is 1. The average Bonchev–Trinajstić information content (AvgIpc) is 2.47. The number of carbonyl (C=O) groups excluding carboxylic acids is 1. The predicted octanol–water partition coefficient (Wildman–Crippen LogP) is 4.55. The average molecular weight is 270 g/mol. The van der Waals surface area contributed by atoms with Crippen LogP contribution in [0.5, 0.6) is 0 Å².